The van der Waals surface area contributed by atoms with Crippen LogP contribution in [-0.4, -0.2) is 76.5 Å². The van der Waals surface area contributed by atoms with Crippen molar-refractivity contribution in [3.63, 3.8) is 0 Å². The van der Waals surface area contributed by atoms with Gasteiger partial charge in [0.15, 0.2) is 0 Å². The molecule has 1 aromatic heterocycles. The molecule has 0 aliphatic heterocycles. The first kappa shape index (κ1) is 36.7. The van der Waals surface area contributed by atoms with Crippen molar-refractivity contribution in [2.75, 3.05) is 20.1 Å². The highest BCUT2D eigenvalue weighted by atomic mass is 32.1. The maximum atomic E-state index is 14.6. The van der Waals surface area contributed by atoms with Crippen LogP contribution in [0.5, 0.6) is 0 Å². The normalized spacial score (nSPS) is 14.9. The monoisotopic (exact) mass is 646 g/mol. The second-order valence-electron chi connectivity index (χ2n) is 12.4. The number of nitrogens with two attached hydrogens (primary N) is 1. The molecule has 0 spiro atoms. The van der Waals surface area contributed by atoms with Gasteiger partial charge in [0.2, 0.25) is 17.7 Å². The molecule has 248 valence electrons. The number of benzene rings is 2. The molecule has 0 bridgehead atoms. The van der Waals surface area contributed by atoms with Gasteiger partial charge in [0.25, 0.3) is 0 Å². The van der Waals surface area contributed by atoms with Gasteiger partial charge in [0.1, 0.15) is 12.1 Å². The van der Waals surface area contributed by atoms with E-state index in [2.05, 4.69) is 5.32 Å². The summed E-state index contributed by atoms with van der Waals surface area (Å²) in [5.74, 6) is -0.961. The summed E-state index contributed by atoms with van der Waals surface area (Å²) in [7, 11) is 1.64. The van der Waals surface area contributed by atoms with Crippen LogP contribution >= 0.6 is 11.3 Å². The van der Waals surface area contributed by atoms with E-state index in [0.29, 0.717) is 12.8 Å². The number of nitrogens with zero attached hydrogens (tertiary/aromatic N) is 2. The van der Waals surface area contributed by atoms with Crippen molar-refractivity contribution in [3.8, 4) is 11.1 Å². The molecule has 3 aromatic rings. The maximum absolute atomic E-state index is 14.6. The minimum absolute atomic E-state index is 0.0724. The molecule has 0 fully saturated rings. The van der Waals surface area contributed by atoms with E-state index in [9.17, 15) is 19.5 Å². The molecular weight excluding hydrogens is 596 g/mol. The summed E-state index contributed by atoms with van der Waals surface area (Å²) >= 11 is 1.52. The number of hydrogen-bond acceptors (Lipinski definition) is 6. The summed E-state index contributed by atoms with van der Waals surface area (Å²) in [6.07, 6.45) is 2.74. The van der Waals surface area contributed by atoms with E-state index in [1.807, 2.05) is 99.8 Å². The van der Waals surface area contributed by atoms with Crippen LogP contribution in [0.1, 0.15) is 57.9 Å². The third-order valence-corrected chi connectivity index (χ3v) is 9.20. The quantitative estimate of drug-likeness (QED) is 0.185. The Morgan fingerprint density at radius 2 is 1.63 bits per heavy atom. The zero-order valence-electron chi connectivity index (χ0n) is 28.0. The van der Waals surface area contributed by atoms with Crippen LogP contribution in [0.3, 0.4) is 0 Å². The molecule has 8 nitrogen and oxygen atoms in total. The number of amides is 3. The smallest absolute Gasteiger partial charge is 0.246 e. The van der Waals surface area contributed by atoms with Gasteiger partial charge in [-0.1, -0.05) is 73.2 Å². The van der Waals surface area contributed by atoms with Gasteiger partial charge in [-0.15, -0.1) is 11.3 Å². The zero-order chi connectivity index (χ0) is 33.9. The Bertz CT molecular complexity index is 1440. The molecule has 0 radical (unpaired) electrons. The van der Waals surface area contributed by atoms with Gasteiger partial charge >= 0.3 is 0 Å². The predicted molar refractivity (Wildman–Crippen MR) is 187 cm³/mol. The van der Waals surface area contributed by atoms with Gasteiger partial charge in [-0.2, -0.15) is 0 Å². The molecule has 9 heteroatoms. The van der Waals surface area contributed by atoms with E-state index in [1.54, 1.807) is 24.9 Å². The number of carbonyl (C=O) groups is 3. The van der Waals surface area contributed by atoms with Crippen molar-refractivity contribution in [1.29, 1.82) is 0 Å². The summed E-state index contributed by atoms with van der Waals surface area (Å²) in [6.45, 7) is 9.63. The molecule has 3 rings (SSSR count). The fourth-order valence-electron chi connectivity index (χ4n) is 5.41. The first-order valence-corrected chi connectivity index (χ1v) is 16.9. The van der Waals surface area contributed by atoms with Crippen LogP contribution in [0.25, 0.3) is 11.1 Å². The van der Waals surface area contributed by atoms with Crippen molar-refractivity contribution in [3.05, 3.63) is 94.2 Å². The fraction of sp³-hybridized carbons (Fsp3) is 0.432. The number of likely N-dealkylation sites (N-methyl/N-ethyl adjacent to an activating group) is 2. The Morgan fingerprint density at radius 3 is 2.20 bits per heavy atom. The van der Waals surface area contributed by atoms with Crippen LogP contribution in [0.15, 0.2) is 83.8 Å². The van der Waals surface area contributed by atoms with E-state index in [1.165, 1.54) is 16.2 Å². The van der Waals surface area contributed by atoms with Crippen molar-refractivity contribution >= 4 is 29.1 Å². The topological polar surface area (TPSA) is 116 Å². The Labute approximate surface area is 278 Å². The van der Waals surface area contributed by atoms with Gasteiger partial charge < -0.3 is 26.0 Å². The second kappa shape index (κ2) is 17.2. The van der Waals surface area contributed by atoms with Crippen LogP contribution in [0, 0.1) is 0 Å². The second-order valence-corrected chi connectivity index (χ2v) is 13.5. The van der Waals surface area contributed by atoms with Gasteiger partial charge in [-0.25, -0.2) is 0 Å². The fourth-order valence-corrected chi connectivity index (χ4v) is 6.15. The Morgan fingerprint density at radius 1 is 0.978 bits per heavy atom. The van der Waals surface area contributed by atoms with E-state index >= 15 is 0 Å². The Balaban J connectivity index is 1.98. The number of hydrogen-bond donors (Lipinski definition) is 3. The highest BCUT2D eigenvalue weighted by Gasteiger charge is 2.36. The molecule has 4 atom stereocenters. The van der Waals surface area contributed by atoms with Crippen LogP contribution in [-0.2, 0) is 27.2 Å². The molecule has 1 heterocycles. The van der Waals surface area contributed by atoms with Crippen LogP contribution < -0.4 is 11.1 Å². The number of carbonyl (C=O) groups excluding carboxylic acids is 3. The number of nitrogens with one attached hydrogen (secondary N) is 1. The summed E-state index contributed by atoms with van der Waals surface area (Å²) in [5, 5.41) is 14.6. The van der Waals surface area contributed by atoms with Gasteiger partial charge in [-0.3, -0.25) is 14.4 Å². The largest absolute Gasteiger partial charge is 0.392 e. The van der Waals surface area contributed by atoms with Crippen molar-refractivity contribution in [1.82, 2.24) is 15.1 Å². The summed E-state index contributed by atoms with van der Waals surface area (Å²) in [4.78, 5) is 45.8. The molecular formula is C37H50N4O4S. The van der Waals surface area contributed by atoms with Gasteiger partial charge in [0.05, 0.1) is 6.10 Å². The Hall–Kier alpha value is -3.79. The van der Waals surface area contributed by atoms with Crippen LogP contribution in [0.4, 0.5) is 0 Å². The Kier molecular flexibility index (Phi) is 13.7. The minimum atomic E-state index is -0.870. The van der Waals surface area contributed by atoms with E-state index < -0.39 is 23.7 Å². The zero-order valence-corrected chi connectivity index (χ0v) is 28.8. The van der Waals surface area contributed by atoms with Crippen molar-refractivity contribution in [2.45, 2.75) is 84.0 Å². The molecule has 3 amide bonds. The van der Waals surface area contributed by atoms with E-state index in [4.69, 9.17) is 5.73 Å². The van der Waals surface area contributed by atoms with E-state index in [-0.39, 0.29) is 37.2 Å². The van der Waals surface area contributed by atoms with Gasteiger partial charge in [-0.05, 0) is 68.7 Å². The average molecular weight is 647 g/mol. The number of thiophene rings is 1. The molecule has 4 N–H and O–H groups in total. The predicted octanol–water partition coefficient (Wildman–Crippen LogP) is 5.21. The molecule has 0 aliphatic carbocycles. The lowest BCUT2D eigenvalue weighted by molar-refractivity contribution is -0.147. The number of rotatable bonds is 16. The van der Waals surface area contributed by atoms with Crippen molar-refractivity contribution in [2.24, 2.45) is 5.73 Å². The third-order valence-electron chi connectivity index (χ3n) is 8.30. The summed E-state index contributed by atoms with van der Waals surface area (Å²) < 4.78 is 0. The SMILES string of the molecule is CCN(C(=O)[C@@H](Cc1ccc(-c2ccccc2)cc1)N(C)C(=O)/C=C(\C)CC(C)(N)CC)[C@H](Cc1cccs1)C(=O)NC[C@@H](C)O. The lowest BCUT2D eigenvalue weighted by Crippen LogP contribution is -2.57. The van der Waals surface area contributed by atoms with Crippen LogP contribution in [0.2, 0.25) is 0 Å². The molecule has 2 aromatic carbocycles. The maximum Gasteiger partial charge on any atom is 0.246 e. The third kappa shape index (κ3) is 10.6. The minimum Gasteiger partial charge on any atom is -0.392 e. The summed E-state index contributed by atoms with van der Waals surface area (Å²) in [5.41, 5.74) is 9.80. The molecule has 46 heavy (non-hydrogen) atoms. The standard InChI is InChI=1S/C37H50N4O4S/c1-7-37(5,38)24-26(3)21-34(43)40(6)33(22-28-16-18-30(19-17-28)29-13-10-9-11-14-29)36(45)41(8-2)32(23-31-15-12-20-46-31)35(44)39-25-27(4)42/h9-21,27,32-33,42H,7-8,22-25,38H2,1-6H3,(H,39,44)/b26-21+/t27-,32-,33-,37?/m1/s1. The first-order chi connectivity index (χ1) is 21.8. The molecule has 0 saturated carbocycles. The highest BCUT2D eigenvalue weighted by molar-refractivity contribution is 7.09. The van der Waals surface area contributed by atoms with Crippen molar-refractivity contribution < 1.29 is 19.5 Å². The summed E-state index contributed by atoms with van der Waals surface area (Å²) in [6, 6.07) is 20.2. The molecule has 0 aliphatic rings. The molecule has 1 unspecified atom stereocenters. The van der Waals surface area contributed by atoms with Gasteiger partial charge in [0, 0.05) is 49.5 Å². The number of aliphatic hydroxyl groups is 1. The number of aliphatic hydroxyl groups excluding tert-OH is 1. The van der Waals surface area contributed by atoms with E-state index in [0.717, 1.165) is 33.6 Å². The molecule has 0 saturated heterocycles. The lowest BCUT2D eigenvalue weighted by Gasteiger charge is -2.36. The lowest BCUT2D eigenvalue weighted by atomic mass is 9.91. The highest BCUT2D eigenvalue weighted by Crippen LogP contribution is 2.23. The average Bonchev–Trinajstić information content (AvgIpc) is 3.55. The first-order valence-electron chi connectivity index (χ1n) is 16.0.